The summed E-state index contributed by atoms with van der Waals surface area (Å²) in [7, 11) is 2.87. The summed E-state index contributed by atoms with van der Waals surface area (Å²) in [5.74, 6) is -1.19. The van der Waals surface area contributed by atoms with Crippen LogP contribution in [0.2, 0.25) is 5.02 Å². The molecule has 4 aromatic rings. The van der Waals surface area contributed by atoms with E-state index in [2.05, 4.69) is 10.3 Å². The number of carboxylic acids is 1. The van der Waals surface area contributed by atoms with Gasteiger partial charge in [-0.3, -0.25) is 14.5 Å². The van der Waals surface area contributed by atoms with E-state index in [0.29, 0.717) is 73.9 Å². The number of halogens is 4. The topological polar surface area (TPSA) is 143 Å². The standard InChI is InChI=1S/C42H44ClF3N4O7/c1-41(40(53)54)14-15-50(22-41)21-25-18-31(42(44,45)46)39(49-38(25)56-3)57-35-13-11-27-26(6-4-7-28(27)35)29-8-5-9-30(36(29)43)32-12-10-24(37(48-32)55-2)20-47-19-23-16-33(51)34(52)17-23/h4-10,12,18,23,33,35,47,51H,11,13-17,19-22H2,1-3H3,(H,53,54)/t23-,33?,35+,41-/m1/s1. The lowest BCUT2D eigenvalue weighted by molar-refractivity contribution is -0.147. The first-order valence-corrected chi connectivity index (χ1v) is 19.2. The summed E-state index contributed by atoms with van der Waals surface area (Å²) in [6.45, 7) is 3.29. The Morgan fingerprint density at radius 3 is 2.42 bits per heavy atom. The monoisotopic (exact) mass is 808 g/mol. The van der Waals surface area contributed by atoms with Crippen LogP contribution in [0, 0.1) is 11.3 Å². The molecule has 0 bridgehead atoms. The van der Waals surface area contributed by atoms with Gasteiger partial charge < -0.3 is 29.7 Å². The number of methoxy groups -OCH3 is 2. The minimum absolute atomic E-state index is 0.0189. The lowest BCUT2D eigenvalue weighted by Crippen LogP contribution is -2.31. The first-order valence-electron chi connectivity index (χ1n) is 18.8. The maximum Gasteiger partial charge on any atom is 0.421 e. The van der Waals surface area contributed by atoms with Gasteiger partial charge in [0.2, 0.25) is 17.6 Å². The number of aromatic nitrogens is 2. The summed E-state index contributed by atoms with van der Waals surface area (Å²) in [6, 6.07) is 16.0. The predicted molar refractivity (Wildman–Crippen MR) is 205 cm³/mol. The number of carboxylic acid groups (broad SMARTS) is 1. The van der Waals surface area contributed by atoms with Crippen molar-refractivity contribution in [1.82, 2.24) is 20.2 Å². The summed E-state index contributed by atoms with van der Waals surface area (Å²) in [4.78, 5) is 34.3. The van der Waals surface area contributed by atoms with Crippen molar-refractivity contribution in [3.8, 4) is 40.0 Å². The Labute approximate surface area is 333 Å². The van der Waals surface area contributed by atoms with E-state index < -0.39 is 41.2 Å². The van der Waals surface area contributed by atoms with Gasteiger partial charge in [0.25, 0.3) is 0 Å². The van der Waals surface area contributed by atoms with Gasteiger partial charge in [0, 0.05) is 48.3 Å². The smallest absolute Gasteiger partial charge is 0.421 e. The van der Waals surface area contributed by atoms with E-state index in [1.165, 1.54) is 14.2 Å². The average Bonchev–Trinajstić information content (AvgIpc) is 3.87. The van der Waals surface area contributed by atoms with E-state index in [1.807, 2.05) is 48.5 Å². The molecule has 0 spiro atoms. The number of aliphatic carboxylic acids is 1. The molecule has 1 saturated heterocycles. The summed E-state index contributed by atoms with van der Waals surface area (Å²) in [6.07, 6.45) is -4.29. The molecule has 57 heavy (non-hydrogen) atoms. The maximum absolute atomic E-state index is 14.6. The largest absolute Gasteiger partial charge is 0.481 e. The third-order valence-electron chi connectivity index (χ3n) is 11.3. The highest BCUT2D eigenvalue weighted by Crippen LogP contribution is 2.46. The number of hydrogen-bond donors (Lipinski definition) is 3. The molecule has 2 aromatic heterocycles. The molecule has 0 radical (unpaired) electrons. The average molecular weight is 809 g/mol. The Morgan fingerprint density at radius 2 is 1.74 bits per heavy atom. The summed E-state index contributed by atoms with van der Waals surface area (Å²) in [5.41, 5.74) is 3.42. The van der Waals surface area contributed by atoms with Crippen molar-refractivity contribution in [2.45, 2.75) is 70.5 Å². The number of ketones is 1. The van der Waals surface area contributed by atoms with Crippen LogP contribution < -0.4 is 19.5 Å². The number of rotatable bonds is 13. The molecule has 0 amide bonds. The van der Waals surface area contributed by atoms with Gasteiger partial charge in [-0.2, -0.15) is 18.2 Å². The number of aliphatic hydroxyl groups excluding tert-OH is 1. The number of Topliss-reactive ketones (excluding diaryl/α,β-unsaturated/α-hetero) is 1. The molecule has 7 rings (SSSR count). The van der Waals surface area contributed by atoms with Crippen LogP contribution >= 0.6 is 11.6 Å². The zero-order valence-electron chi connectivity index (χ0n) is 31.8. The van der Waals surface area contributed by atoms with Crippen LogP contribution in [0.5, 0.6) is 17.6 Å². The van der Waals surface area contributed by atoms with Crippen LogP contribution in [-0.2, 0) is 35.3 Å². The van der Waals surface area contributed by atoms with E-state index in [-0.39, 0.29) is 36.2 Å². The van der Waals surface area contributed by atoms with E-state index in [9.17, 15) is 33.0 Å². The number of benzene rings is 2. The van der Waals surface area contributed by atoms with Crippen LogP contribution in [-0.4, -0.2) is 76.8 Å². The number of nitrogens with zero attached hydrogens (tertiary/aromatic N) is 3. The van der Waals surface area contributed by atoms with Crippen LogP contribution in [0.3, 0.4) is 0 Å². The number of aliphatic hydroxyl groups is 1. The molecule has 1 saturated carbocycles. The van der Waals surface area contributed by atoms with Crippen LogP contribution in [0.15, 0.2) is 54.6 Å². The molecule has 11 nitrogen and oxygen atoms in total. The molecule has 4 atom stereocenters. The summed E-state index contributed by atoms with van der Waals surface area (Å²) in [5, 5.41) is 23.2. The van der Waals surface area contributed by atoms with Gasteiger partial charge in [-0.25, -0.2) is 4.98 Å². The number of carbonyl (C=O) groups excluding carboxylic acids is 1. The molecule has 2 aliphatic carbocycles. The lowest BCUT2D eigenvalue weighted by atomic mass is 9.90. The summed E-state index contributed by atoms with van der Waals surface area (Å²) >= 11 is 7.12. The minimum atomic E-state index is -4.78. The molecular weight excluding hydrogens is 765 g/mol. The van der Waals surface area contributed by atoms with Crippen LogP contribution in [0.4, 0.5) is 13.2 Å². The highest BCUT2D eigenvalue weighted by atomic mass is 35.5. The second-order valence-electron chi connectivity index (χ2n) is 15.3. The molecule has 15 heteroatoms. The normalized spacial score (nSPS) is 22.2. The van der Waals surface area contributed by atoms with Crippen LogP contribution in [0.1, 0.15) is 66.5 Å². The SMILES string of the molecule is COc1nc(-c2cccc(-c3cccc4c3CC[C@@H]4Oc3nc(OC)c(CN4CC[C@@](C)(C(=O)O)C4)cc3C(F)(F)F)c2Cl)ccc1CNC[C@H]1CC(=O)C(O)C1. The minimum Gasteiger partial charge on any atom is -0.481 e. The number of fused-ring (bicyclic) bond motifs is 1. The third-order valence-corrected chi connectivity index (χ3v) is 11.7. The van der Waals surface area contributed by atoms with Gasteiger partial charge in [-0.05, 0) is 80.4 Å². The number of alkyl halides is 3. The Kier molecular flexibility index (Phi) is 11.5. The third kappa shape index (κ3) is 8.31. The van der Waals surface area contributed by atoms with E-state index in [1.54, 1.807) is 11.8 Å². The number of hydrogen-bond acceptors (Lipinski definition) is 10. The van der Waals surface area contributed by atoms with Gasteiger partial charge in [0.1, 0.15) is 17.8 Å². The first kappa shape index (κ1) is 40.4. The summed E-state index contributed by atoms with van der Waals surface area (Å²) < 4.78 is 61.0. The van der Waals surface area contributed by atoms with Crippen LogP contribution in [0.25, 0.3) is 22.4 Å². The van der Waals surface area contributed by atoms with Crippen molar-refractivity contribution in [2.24, 2.45) is 11.3 Å². The zero-order valence-corrected chi connectivity index (χ0v) is 32.5. The molecular formula is C42H44ClF3N4O7. The molecule has 3 N–H and O–H groups in total. The number of pyridine rings is 2. The molecule has 2 aromatic carbocycles. The van der Waals surface area contributed by atoms with Crippen molar-refractivity contribution in [3.63, 3.8) is 0 Å². The van der Waals surface area contributed by atoms with Gasteiger partial charge in [-0.1, -0.05) is 54.1 Å². The highest BCUT2D eigenvalue weighted by Gasteiger charge is 2.42. The molecule has 302 valence electrons. The molecule has 3 aliphatic rings. The van der Waals surface area contributed by atoms with Crippen molar-refractivity contribution < 1.29 is 47.2 Å². The fourth-order valence-electron chi connectivity index (χ4n) is 8.22. The molecule has 3 heterocycles. The predicted octanol–water partition coefficient (Wildman–Crippen LogP) is 7.29. The Balaban J connectivity index is 1.12. The van der Waals surface area contributed by atoms with Gasteiger partial charge in [0.15, 0.2) is 5.78 Å². The first-order chi connectivity index (χ1) is 27.2. The molecule has 1 unspecified atom stereocenters. The highest BCUT2D eigenvalue weighted by molar-refractivity contribution is 6.36. The second-order valence-corrected chi connectivity index (χ2v) is 15.7. The fraction of sp³-hybridized carbons (Fsp3) is 0.429. The van der Waals surface area contributed by atoms with E-state index >= 15 is 0 Å². The zero-order chi connectivity index (χ0) is 40.6. The Hall–Kier alpha value is -4.76. The number of likely N-dealkylation sites (tertiary alicyclic amines) is 1. The number of ether oxygens (including phenoxy) is 3. The lowest BCUT2D eigenvalue weighted by Gasteiger charge is -2.23. The maximum atomic E-state index is 14.6. The quantitative estimate of drug-likeness (QED) is 0.125. The number of carbonyl (C=O) groups is 2. The van der Waals surface area contributed by atoms with Crippen molar-refractivity contribution in [3.05, 3.63) is 87.4 Å². The number of nitrogens with one attached hydrogen (secondary N) is 1. The van der Waals surface area contributed by atoms with Gasteiger partial charge in [-0.15, -0.1) is 0 Å². The van der Waals surface area contributed by atoms with E-state index in [4.69, 9.17) is 30.8 Å². The van der Waals surface area contributed by atoms with Gasteiger partial charge >= 0.3 is 12.1 Å². The molecule has 1 aliphatic heterocycles. The van der Waals surface area contributed by atoms with E-state index in [0.717, 1.165) is 33.9 Å². The Morgan fingerprint density at radius 1 is 1.02 bits per heavy atom. The fourth-order valence-corrected chi connectivity index (χ4v) is 8.55. The van der Waals surface area contributed by atoms with Crippen molar-refractivity contribution in [2.75, 3.05) is 33.9 Å². The molecule has 2 fully saturated rings. The second kappa shape index (κ2) is 16.2. The van der Waals surface area contributed by atoms with Crippen molar-refractivity contribution in [1.29, 1.82) is 0 Å². The van der Waals surface area contributed by atoms with Gasteiger partial charge in [0.05, 0.1) is 30.4 Å². The van der Waals surface area contributed by atoms with Crippen molar-refractivity contribution >= 4 is 23.4 Å². The Bertz CT molecular complexity index is 2190.